The number of rotatable bonds is 1. The van der Waals surface area contributed by atoms with Crippen molar-refractivity contribution in [3.63, 3.8) is 0 Å². The van der Waals surface area contributed by atoms with Crippen molar-refractivity contribution in [1.29, 1.82) is 0 Å². The first-order valence-electron chi connectivity index (χ1n) is 5.00. The van der Waals surface area contributed by atoms with Gasteiger partial charge in [0.15, 0.2) is 0 Å². The summed E-state index contributed by atoms with van der Waals surface area (Å²) in [5.74, 6) is 0. The molecular formula is C11H9F3O3S. The van der Waals surface area contributed by atoms with Crippen LogP contribution in [0.5, 0.6) is 0 Å². The molecule has 1 unspecified atom stereocenters. The summed E-state index contributed by atoms with van der Waals surface area (Å²) < 4.78 is 62.2. The largest absolute Gasteiger partial charge is 0.417 e. The van der Waals surface area contributed by atoms with Gasteiger partial charge in [0.2, 0.25) is 9.84 Å². The second-order valence-electron chi connectivity index (χ2n) is 3.95. The highest BCUT2D eigenvalue weighted by Crippen LogP contribution is 2.42. The van der Waals surface area contributed by atoms with Crippen LogP contribution in [-0.2, 0) is 16.0 Å². The SMILES string of the molecule is CC(O)C1=Cc2cccc(C(F)(F)F)c2S1(=O)=O. The second kappa shape index (κ2) is 3.83. The molecule has 0 saturated heterocycles. The first-order valence-corrected chi connectivity index (χ1v) is 6.49. The Kier molecular flexibility index (Phi) is 2.78. The molecule has 1 aromatic rings. The van der Waals surface area contributed by atoms with Crippen LogP contribution in [0.4, 0.5) is 13.2 Å². The van der Waals surface area contributed by atoms with Crippen molar-refractivity contribution < 1.29 is 26.7 Å². The maximum atomic E-state index is 12.8. The average molecular weight is 278 g/mol. The zero-order valence-corrected chi connectivity index (χ0v) is 10.0. The van der Waals surface area contributed by atoms with Crippen LogP contribution in [0.1, 0.15) is 18.1 Å². The third kappa shape index (κ3) is 1.83. The predicted molar refractivity (Wildman–Crippen MR) is 58.3 cm³/mol. The number of halogens is 3. The molecule has 7 heteroatoms. The van der Waals surface area contributed by atoms with Crippen LogP contribution in [0.25, 0.3) is 6.08 Å². The summed E-state index contributed by atoms with van der Waals surface area (Å²) in [5, 5.41) is 9.32. The Bertz CT molecular complexity index is 627. The maximum Gasteiger partial charge on any atom is 0.417 e. The fourth-order valence-electron chi connectivity index (χ4n) is 1.89. The molecule has 3 nitrogen and oxygen atoms in total. The first-order chi connectivity index (χ1) is 8.15. The fraction of sp³-hybridized carbons (Fsp3) is 0.273. The predicted octanol–water partition coefficient (Wildman–Crippen LogP) is 2.21. The fourth-order valence-corrected chi connectivity index (χ4v) is 3.76. The standard InChI is InChI=1S/C11H9F3O3S/c1-6(15)9-5-7-3-2-4-8(11(12,13)14)10(7)18(9,16)17/h2-6,15H,1H3. The summed E-state index contributed by atoms with van der Waals surface area (Å²) >= 11 is 0. The molecule has 0 saturated carbocycles. The Morgan fingerprint density at radius 2 is 1.89 bits per heavy atom. The minimum Gasteiger partial charge on any atom is -0.388 e. The summed E-state index contributed by atoms with van der Waals surface area (Å²) in [6.45, 7) is 1.20. The van der Waals surface area contributed by atoms with E-state index in [4.69, 9.17) is 0 Å². The number of hydrogen-bond acceptors (Lipinski definition) is 3. The minimum atomic E-state index is -4.75. The van der Waals surface area contributed by atoms with Crippen LogP contribution < -0.4 is 0 Å². The summed E-state index contributed by atoms with van der Waals surface area (Å²) in [7, 11) is -4.27. The van der Waals surface area contributed by atoms with E-state index in [0.29, 0.717) is 0 Å². The van der Waals surface area contributed by atoms with Gasteiger partial charge in [-0.1, -0.05) is 12.1 Å². The highest BCUT2D eigenvalue weighted by Gasteiger charge is 2.42. The number of hydrogen-bond donors (Lipinski definition) is 1. The van der Waals surface area contributed by atoms with Crippen LogP contribution in [0, 0.1) is 0 Å². The lowest BCUT2D eigenvalue weighted by Gasteiger charge is -2.12. The van der Waals surface area contributed by atoms with Crippen molar-refractivity contribution in [2.75, 3.05) is 0 Å². The zero-order chi connectivity index (χ0) is 13.7. The van der Waals surface area contributed by atoms with E-state index in [-0.39, 0.29) is 5.56 Å². The van der Waals surface area contributed by atoms with Crippen molar-refractivity contribution in [3.05, 3.63) is 34.2 Å². The van der Waals surface area contributed by atoms with Gasteiger partial charge in [-0.15, -0.1) is 0 Å². The molecule has 0 aliphatic carbocycles. The topological polar surface area (TPSA) is 54.4 Å². The number of aliphatic hydroxyl groups is 1. The third-order valence-corrected chi connectivity index (χ3v) is 4.71. The second-order valence-corrected chi connectivity index (χ2v) is 5.83. The van der Waals surface area contributed by atoms with Crippen molar-refractivity contribution in [1.82, 2.24) is 0 Å². The van der Waals surface area contributed by atoms with Crippen LogP contribution in [0.2, 0.25) is 0 Å². The Morgan fingerprint density at radius 3 is 2.39 bits per heavy atom. The summed E-state index contributed by atoms with van der Waals surface area (Å²) in [5.41, 5.74) is -1.24. The monoisotopic (exact) mass is 278 g/mol. The summed E-state index contributed by atoms with van der Waals surface area (Å²) in [4.78, 5) is -1.18. The lowest BCUT2D eigenvalue weighted by atomic mass is 10.1. The number of benzene rings is 1. The van der Waals surface area contributed by atoms with E-state index in [1.807, 2.05) is 0 Å². The molecule has 2 rings (SSSR count). The summed E-state index contributed by atoms with van der Waals surface area (Å²) in [6, 6.07) is 3.13. The van der Waals surface area contributed by atoms with E-state index in [0.717, 1.165) is 18.2 Å². The van der Waals surface area contributed by atoms with Crippen molar-refractivity contribution in [2.24, 2.45) is 0 Å². The number of alkyl halides is 3. The normalized spacial score (nSPS) is 19.3. The molecule has 1 aliphatic heterocycles. The molecule has 0 aromatic heterocycles. The Hall–Kier alpha value is -1.34. The third-order valence-electron chi connectivity index (χ3n) is 2.64. The van der Waals surface area contributed by atoms with Gasteiger partial charge >= 0.3 is 6.18 Å². The van der Waals surface area contributed by atoms with Crippen molar-refractivity contribution in [2.45, 2.75) is 24.1 Å². The van der Waals surface area contributed by atoms with E-state index in [1.165, 1.54) is 13.0 Å². The van der Waals surface area contributed by atoms with Crippen LogP contribution in [0.3, 0.4) is 0 Å². The molecule has 0 spiro atoms. The first kappa shape index (κ1) is 13.1. The van der Waals surface area contributed by atoms with Gasteiger partial charge in [0, 0.05) is 0 Å². The van der Waals surface area contributed by atoms with Crippen LogP contribution in [0.15, 0.2) is 28.0 Å². The molecule has 1 atom stereocenters. The van der Waals surface area contributed by atoms with Gasteiger partial charge in [-0.25, -0.2) is 8.42 Å². The zero-order valence-electron chi connectivity index (χ0n) is 9.19. The molecular weight excluding hydrogens is 269 g/mol. The van der Waals surface area contributed by atoms with E-state index in [1.54, 1.807) is 0 Å². The van der Waals surface area contributed by atoms with E-state index in [9.17, 15) is 26.7 Å². The summed E-state index contributed by atoms with van der Waals surface area (Å²) in [6.07, 6.45) is -5.02. The molecule has 1 N–H and O–H groups in total. The smallest absolute Gasteiger partial charge is 0.388 e. The number of aliphatic hydroxyl groups excluding tert-OH is 1. The van der Waals surface area contributed by atoms with E-state index >= 15 is 0 Å². The molecule has 0 bridgehead atoms. The molecule has 1 aliphatic rings. The van der Waals surface area contributed by atoms with E-state index < -0.39 is 37.5 Å². The lowest BCUT2D eigenvalue weighted by molar-refractivity contribution is -0.139. The number of sulfone groups is 1. The van der Waals surface area contributed by atoms with Gasteiger partial charge in [0.25, 0.3) is 0 Å². The highest BCUT2D eigenvalue weighted by atomic mass is 32.2. The highest BCUT2D eigenvalue weighted by molar-refractivity contribution is 7.96. The molecule has 98 valence electrons. The molecule has 0 radical (unpaired) electrons. The minimum absolute atomic E-state index is 0.0410. The van der Waals surface area contributed by atoms with Gasteiger partial charge in [-0.05, 0) is 24.6 Å². The maximum absolute atomic E-state index is 12.8. The van der Waals surface area contributed by atoms with Crippen molar-refractivity contribution in [3.8, 4) is 0 Å². The van der Waals surface area contributed by atoms with Crippen LogP contribution >= 0.6 is 0 Å². The van der Waals surface area contributed by atoms with Gasteiger partial charge in [0.05, 0.1) is 21.5 Å². The van der Waals surface area contributed by atoms with E-state index in [2.05, 4.69) is 0 Å². The molecule has 0 fully saturated rings. The molecule has 18 heavy (non-hydrogen) atoms. The Morgan fingerprint density at radius 1 is 1.28 bits per heavy atom. The van der Waals surface area contributed by atoms with Gasteiger partial charge < -0.3 is 5.11 Å². The Labute approximate surface area is 101 Å². The van der Waals surface area contributed by atoms with Gasteiger partial charge in [0.1, 0.15) is 0 Å². The van der Waals surface area contributed by atoms with Gasteiger partial charge in [-0.3, -0.25) is 0 Å². The molecule has 0 amide bonds. The Balaban J connectivity index is 2.75. The average Bonchev–Trinajstić information content (AvgIpc) is 2.49. The quantitative estimate of drug-likeness (QED) is 0.857. The van der Waals surface area contributed by atoms with Crippen molar-refractivity contribution >= 4 is 15.9 Å². The number of fused-ring (bicyclic) bond motifs is 1. The molecule has 1 heterocycles. The lowest BCUT2D eigenvalue weighted by Crippen LogP contribution is -2.16. The van der Waals surface area contributed by atoms with Gasteiger partial charge in [-0.2, -0.15) is 13.2 Å². The van der Waals surface area contributed by atoms with Crippen LogP contribution in [-0.4, -0.2) is 19.6 Å². The molecule has 1 aromatic carbocycles.